The van der Waals surface area contributed by atoms with E-state index >= 15 is 0 Å². The van der Waals surface area contributed by atoms with E-state index in [-0.39, 0.29) is 5.04 Å². The Morgan fingerprint density at radius 3 is 2.00 bits per heavy atom. The fraction of sp³-hybridized carbons (Fsp3) is 0.556. The first-order chi connectivity index (χ1) is 9.30. The summed E-state index contributed by atoms with van der Waals surface area (Å²) in [6, 6.07) is 6.37. The zero-order valence-electron chi connectivity index (χ0n) is 15.1. The zero-order valence-corrected chi connectivity index (χ0v) is 17.1. The molecule has 0 spiro atoms. The second kappa shape index (κ2) is 6.02. The Bertz CT molecular complexity index is 564. The van der Waals surface area contributed by atoms with Crippen molar-refractivity contribution in [2.75, 3.05) is 0 Å². The number of hydrogen-bond donors (Lipinski definition) is 0. The quantitative estimate of drug-likeness (QED) is 0.509. The molecule has 0 atom stereocenters. The SMILES string of the molecule is Cc1cc(C#C[Si](C)(C)C)cc(O[Si](C)(C)C(C)(C)C)c1. The summed E-state index contributed by atoms with van der Waals surface area (Å²) in [6.07, 6.45) is 0. The van der Waals surface area contributed by atoms with Gasteiger partial charge in [0.25, 0.3) is 0 Å². The van der Waals surface area contributed by atoms with Crippen LogP contribution in [-0.2, 0) is 0 Å². The Morgan fingerprint density at radius 2 is 1.52 bits per heavy atom. The number of hydrogen-bond acceptors (Lipinski definition) is 1. The maximum Gasteiger partial charge on any atom is 0.250 e. The van der Waals surface area contributed by atoms with Gasteiger partial charge in [-0.3, -0.25) is 0 Å². The van der Waals surface area contributed by atoms with Gasteiger partial charge in [-0.15, -0.1) is 5.54 Å². The zero-order chi connectivity index (χ0) is 16.5. The smallest absolute Gasteiger partial charge is 0.250 e. The van der Waals surface area contributed by atoms with Crippen LogP contribution in [0, 0.1) is 18.4 Å². The highest BCUT2D eigenvalue weighted by atomic mass is 28.4. The van der Waals surface area contributed by atoms with E-state index in [4.69, 9.17) is 4.43 Å². The maximum atomic E-state index is 6.40. The van der Waals surface area contributed by atoms with E-state index < -0.39 is 16.4 Å². The van der Waals surface area contributed by atoms with Gasteiger partial charge in [0.1, 0.15) is 13.8 Å². The topological polar surface area (TPSA) is 9.23 Å². The van der Waals surface area contributed by atoms with Crippen LogP contribution in [0.5, 0.6) is 5.75 Å². The molecule has 1 aromatic carbocycles. The molecule has 0 bridgehead atoms. The Balaban J connectivity index is 3.11. The highest BCUT2D eigenvalue weighted by molar-refractivity contribution is 6.83. The van der Waals surface area contributed by atoms with Crippen LogP contribution >= 0.6 is 0 Å². The van der Waals surface area contributed by atoms with Gasteiger partial charge in [0, 0.05) is 5.56 Å². The predicted octanol–water partition coefficient (Wildman–Crippen LogP) is 5.61. The molecule has 0 aliphatic heterocycles. The summed E-state index contributed by atoms with van der Waals surface area (Å²) in [6.45, 7) is 20.3. The van der Waals surface area contributed by atoms with Crippen LogP contribution in [0.4, 0.5) is 0 Å². The molecule has 0 aromatic heterocycles. The third kappa shape index (κ3) is 5.72. The Labute approximate surface area is 133 Å². The van der Waals surface area contributed by atoms with Crippen LogP contribution in [-0.4, -0.2) is 16.4 Å². The van der Waals surface area contributed by atoms with E-state index in [2.05, 4.69) is 90.1 Å². The van der Waals surface area contributed by atoms with Gasteiger partial charge in [-0.2, -0.15) is 0 Å². The second-order valence-corrected chi connectivity index (χ2v) is 17.9. The number of benzene rings is 1. The minimum Gasteiger partial charge on any atom is -0.543 e. The molecule has 0 fully saturated rings. The first kappa shape index (κ1) is 18.1. The third-order valence-corrected chi connectivity index (χ3v) is 9.05. The number of rotatable bonds is 2. The highest BCUT2D eigenvalue weighted by Gasteiger charge is 2.39. The monoisotopic (exact) mass is 318 g/mol. The molecule has 1 rings (SSSR count). The molecular formula is C18H30OSi2. The van der Waals surface area contributed by atoms with Crippen molar-refractivity contribution in [1.29, 1.82) is 0 Å². The van der Waals surface area contributed by atoms with E-state index in [1.807, 2.05) is 0 Å². The lowest BCUT2D eigenvalue weighted by atomic mass is 10.1. The van der Waals surface area contributed by atoms with Crippen molar-refractivity contribution < 1.29 is 4.43 Å². The van der Waals surface area contributed by atoms with Crippen molar-refractivity contribution in [1.82, 2.24) is 0 Å². The van der Waals surface area contributed by atoms with Crippen molar-refractivity contribution >= 4 is 16.4 Å². The van der Waals surface area contributed by atoms with Gasteiger partial charge in [-0.1, -0.05) is 46.3 Å². The lowest BCUT2D eigenvalue weighted by Gasteiger charge is -2.36. The molecule has 0 aliphatic carbocycles. The summed E-state index contributed by atoms with van der Waals surface area (Å²) >= 11 is 0. The highest BCUT2D eigenvalue weighted by Crippen LogP contribution is 2.37. The van der Waals surface area contributed by atoms with Crippen LogP contribution in [0.25, 0.3) is 0 Å². The Hall–Kier alpha value is -0.986. The van der Waals surface area contributed by atoms with Crippen LogP contribution in [0.15, 0.2) is 18.2 Å². The van der Waals surface area contributed by atoms with Crippen molar-refractivity contribution in [2.24, 2.45) is 0 Å². The lowest BCUT2D eigenvalue weighted by molar-refractivity contribution is 0.492. The second-order valence-electron chi connectivity index (χ2n) is 8.40. The molecule has 21 heavy (non-hydrogen) atoms. The van der Waals surface area contributed by atoms with Gasteiger partial charge in [0.15, 0.2) is 0 Å². The van der Waals surface area contributed by atoms with E-state index in [0.717, 1.165) is 11.3 Å². The largest absolute Gasteiger partial charge is 0.543 e. The van der Waals surface area contributed by atoms with Crippen LogP contribution < -0.4 is 4.43 Å². The Kier molecular flexibility index (Phi) is 5.18. The standard InChI is InChI=1S/C18H30OSi2/c1-15-12-16(10-11-20(5,6)7)14-17(13-15)19-21(8,9)18(2,3)4/h12-14H,1-9H3. The molecule has 0 heterocycles. The molecule has 0 saturated carbocycles. The van der Waals surface area contributed by atoms with Crippen molar-refractivity contribution in [3.05, 3.63) is 29.3 Å². The van der Waals surface area contributed by atoms with E-state index in [9.17, 15) is 0 Å². The van der Waals surface area contributed by atoms with Crippen molar-refractivity contribution in [3.8, 4) is 17.2 Å². The summed E-state index contributed by atoms with van der Waals surface area (Å²) in [5.41, 5.74) is 5.72. The molecule has 0 amide bonds. The summed E-state index contributed by atoms with van der Waals surface area (Å²) in [5.74, 6) is 4.31. The molecule has 0 N–H and O–H groups in total. The summed E-state index contributed by atoms with van der Waals surface area (Å²) in [5, 5.41) is 0.209. The van der Waals surface area contributed by atoms with E-state index in [0.29, 0.717) is 0 Å². The molecule has 0 aliphatic rings. The molecular weight excluding hydrogens is 288 g/mol. The number of aryl methyl sites for hydroxylation is 1. The Morgan fingerprint density at radius 1 is 0.952 bits per heavy atom. The third-order valence-electron chi connectivity index (χ3n) is 3.81. The predicted molar refractivity (Wildman–Crippen MR) is 99.2 cm³/mol. The first-order valence-corrected chi connectivity index (χ1v) is 14.0. The van der Waals surface area contributed by atoms with Crippen LogP contribution in [0.2, 0.25) is 37.8 Å². The van der Waals surface area contributed by atoms with Gasteiger partial charge in [-0.25, -0.2) is 0 Å². The minimum absolute atomic E-state index is 0.209. The van der Waals surface area contributed by atoms with Crippen molar-refractivity contribution in [3.63, 3.8) is 0 Å². The van der Waals surface area contributed by atoms with Gasteiger partial charge in [-0.05, 0) is 48.8 Å². The summed E-state index contributed by atoms with van der Waals surface area (Å²) in [4.78, 5) is 0. The minimum atomic E-state index is -1.79. The average Bonchev–Trinajstić information content (AvgIpc) is 2.22. The average molecular weight is 319 g/mol. The van der Waals surface area contributed by atoms with E-state index in [1.54, 1.807) is 0 Å². The normalized spacial score (nSPS) is 12.6. The molecule has 0 unspecified atom stereocenters. The fourth-order valence-corrected chi connectivity index (χ4v) is 3.12. The fourth-order valence-electron chi connectivity index (χ4n) is 1.59. The maximum absolute atomic E-state index is 6.40. The molecule has 1 aromatic rings. The van der Waals surface area contributed by atoms with Gasteiger partial charge in [0.2, 0.25) is 8.32 Å². The van der Waals surface area contributed by atoms with Crippen LogP contribution in [0.1, 0.15) is 31.9 Å². The first-order valence-electron chi connectivity index (χ1n) is 7.64. The van der Waals surface area contributed by atoms with Gasteiger partial charge in [0.05, 0.1) is 0 Å². The molecule has 1 nitrogen and oxygen atoms in total. The summed E-state index contributed by atoms with van der Waals surface area (Å²) < 4.78 is 6.40. The van der Waals surface area contributed by atoms with Crippen molar-refractivity contribution in [2.45, 2.75) is 65.5 Å². The van der Waals surface area contributed by atoms with Gasteiger partial charge < -0.3 is 4.43 Å². The molecule has 0 radical (unpaired) electrons. The lowest BCUT2D eigenvalue weighted by Crippen LogP contribution is -2.43. The summed E-state index contributed by atoms with van der Waals surface area (Å²) in [7, 11) is -3.14. The van der Waals surface area contributed by atoms with Gasteiger partial charge >= 0.3 is 0 Å². The van der Waals surface area contributed by atoms with E-state index in [1.165, 1.54) is 5.56 Å². The molecule has 0 saturated heterocycles. The molecule has 3 heteroatoms. The van der Waals surface area contributed by atoms with Crippen LogP contribution in [0.3, 0.4) is 0 Å². The molecule has 116 valence electrons.